The van der Waals surface area contributed by atoms with Crippen LogP contribution in [0.25, 0.3) is 0 Å². The van der Waals surface area contributed by atoms with Crippen molar-refractivity contribution in [1.82, 2.24) is 24.3 Å². The van der Waals surface area contributed by atoms with Gasteiger partial charge in [0, 0.05) is 56.6 Å². The Labute approximate surface area is 177 Å². The average molecular weight is 414 g/mol. The summed E-state index contributed by atoms with van der Waals surface area (Å²) >= 11 is 1.40. The van der Waals surface area contributed by atoms with E-state index >= 15 is 0 Å². The summed E-state index contributed by atoms with van der Waals surface area (Å²) in [6.07, 6.45) is 2.15. The summed E-state index contributed by atoms with van der Waals surface area (Å²) < 4.78 is 3.98. The van der Waals surface area contributed by atoms with Gasteiger partial charge in [-0.1, -0.05) is 34.3 Å². The summed E-state index contributed by atoms with van der Waals surface area (Å²) in [6, 6.07) is 9.27. The van der Waals surface area contributed by atoms with Gasteiger partial charge >= 0.3 is 0 Å². The molecule has 6 nitrogen and oxygen atoms in total. The number of piperazine rings is 1. The van der Waals surface area contributed by atoms with Crippen molar-refractivity contribution in [2.45, 2.75) is 38.6 Å². The van der Waals surface area contributed by atoms with Crippen LogP contribution >= 0.6 is 11.5 Å². The maximum atomic E-state index is 12.9. The standard InChI is InChI=1S/C22H31N5OS/c1-17-5-7-19(8-6-17)18(2)26-12-10-25(11-13-26)15-22(28)27-9-3-4-20(14-27)21-16-29-24-23-21/h5-8,16,18,20H,3-4,9-15H2,1-2H3/t18-,20-/m1/s1. The van der Waals surface area contributed by atoms with E-state index in [1.54, 1.807) is 0 Å². The lowest BCUT2D eigenvalue weighted by molar-refractivity contribution is -0.134. The van der Waals surface area contributed by atoms with Crippen molar-refractivity contribution in [2.75, 3.05) is 45.8 Å². The van der Waals surface area contributed by atoms with E-state index in [9.17, 15) is 4.79 Å². The van der Waals surface area contributed by atoms with Crippen molar-refractivity contribution in [3.63, 3.8) is 0 Å². The predicted molar refractivity (Wildman–Crippen MR) is 116 cm³/mol. The molecule has 2 aliphatic heterocycles. The molecule has 1 aromatic heterocycles. The van der Waals surface area contributed by atoms with Crippen molar-refractivity contribution in [3.05, 3.63) is 46.5 Å². The van der Waals surface area contributed by atoms with Gasteiger partial charge in [0.2, 0.25) is 5.91 Å². The number of hydrogen-bond acceptors (Lipinski definition) is 6. The largest absolute Gasteiger partial charge is 0.341 e. The quantitative estimate of drug-likeness (QED) is 0.754. The maximum Gasteiger partial charge on any atom is 0.236 e. The van der Waals surface area contributed by atoms with Gasteiger partial charge < -0.3 is 4.90 Å². The molecule has 29 heavy (non-hydrogen) atoms. The number of nitrogens with zero attached hydrogens (tertiary/aromatic N) is 5. The van der Waals surface area contributed by atoms with E-state index in [-0.39, 0.29) is 5.91 Å². The molecule has 0 aliphatic carbocycles. The Morgan fingerprint density at radius 1 is 1.17 bits per heavy atom. The molecule has 2 aromatic rings. The Bertz CT molecular complexity index is 786. The van der Waals surface area contributed by atoms with Gasteiger partial charge in [-0.3, -0.25) is 14.6 Å². The molecule has 0 N–H and O–H groups in total. The molecule has 0 spiro atoms. The van der Waals surface area contributed by atoms with Crippen molar-refractivity contribution in [1.29, 1.82) is 0 Å². The fourth-order valence-electron chi connectivity index (χ4n) is 4.45. The van der Waals surface area contributed by atoms with Crippen molar-refractivity contribution < 1.29 is 4.79 Å². The van der Waals surface area contributed by atoms with E-state index in [1.165, 1.54) is 22.7 Å². The Morgan fingerprint density at radius 2 is 1.93 bits per heavy atom. The Hall–Kier alpha value is -1.83. The smallest absolute Gasteiger partial charge is 0.236 e. The molecule has 2 atom stereocenters. The second kappa shape index (κ2) is 9.32. The second-order valence-corrected chi connectivity index (χ2v) is 9.02. The first-order chi connectivity index (χ1) is 14.1. The van der Waals surface area contributed by atoms with Gasteiger partial charge in [0.15, 0.2) is 0 Å². The lowest BCUT2D eigenvalue weighted by atomic mass is 9.95. The summed E-state index contributed by atoms with van der Waals surface area (Å²) in [7, 11) is 0. The minimum absolute atomic E-state index is 0.262. The van der Waals surface area contributed by atoms with E-state index in [4.69, 9.17) is 0 Å². The number of hydrogen-bond donors (Lipinski definition) is 0. The highest BCUT2D eigenvalue weighted by Crippen LogP contribution is 2.26. The highest BCUT2D eigenvalue weighted by molar-refractivity contribution is 7.03. The third-order valence-corrected chi connectivity index (χ3v) is 6.97. The van der Waals surface area contributed by atoms with Crippen LogP contribution in [0, 0.1) is 6.92 Å². The van der Waals surface area contributed by atoms with E-state index in [1.807, 2.05) is 10.3 Å². The molecule has 0 radical (unpaired) electrons. The summed E-state index contributed by atoms with van der Waals surface area (Å²) in [6.45, 7) is 10.5. The lowest BCUT2D eigenvalue weighted by Gasteiger charge is -2.39. The predicted octanol–water partition coefficient (Wildman–Crippen LogP) is 2.93. The topological polar surface area (TPSA) is 52.6 Å². The molecule has 1 aromatic carbocycles. The molecule has 0 bridgehead atoms. The number of carbonyl (C=O) groups excluding carboxylic acids is 1. The van der Waals surface area contributed by atoms with E-state index < -0.39 is 0 Å². The number of likely N-dealkylation sites (tertiary alicyclic amines) is 1. The molecule has 2 fully saturated rings. The van der Waals surface area contributed by atoms with Crippen LogP contribution in [0.5, 0.6) is 0 Å². The van der Waals surface area contributed by atoms with Crippen molar-refractivity contribution in [3.8, 4) is 0 Å². The summed E-state index contributed by atoms with van der Waals surface area (Å²) in [5.74, 6) is 0.608. The number of piperidine rings is 1. The van der Waals surface area contributed by atoms with Gasteiger partial charge in [-0.05, 0) is 43.8 Å². The molecular formula is C22H31N5OS. The van der Waals surface area contributed by atoms with Gasteiger partial charge in [0.25, 0.3) is 0 Å². The molecule has 1 amide bonds. The fourth-order valence-corrected chi connectivity index (χ4v) is 4.99. The average Bonchev–Trinajstić information content (AvgIpc) is 3.29. The first kappa shape index (κ1) is 20.4. The van der Waals surface area contributed by atoms with Gasteiger partial charge in [0.1, 0.15) is 0 Å². The van der Waals surface area contributed by atoms with Crippen LogP contribution in [-0.2, 0) is 4.79 Å². The zero-order valence-electron chi connectivity index (χ0n) is 17.5. The second-order valence-electron chi connectivity index (χ2n) is 8.41. The molecule has 0 saturated carbocycles. The minimum atomic E-state index is 0.262. The summed E-state index contributed by atoms with van der Waals surface area (Å²) in [5, 5.41) is 6.24. The number of benzene rings is 1. The van der Waals surface area contributed by atoms with Crippen LogP contribution in [0.4, 0.5) is 0 Å². The van der Waals surface area contributed by atoms with Gasteiger partial charge in [-0.2, -0.15) is 0 Å². The van der Waals surface area contributed by atoms with E-state index in [0.29, 0.717) is 18.5 Å². The van der Waals surface area contributed by atoms with Crippen LogP contribution in [0.15, 0.2) is 29.6 Å². The molecule has 2 saturated heterocycles. The van der Waals surface area contributed by atoms with Gasteiger partial charge in [0.05, 0.1) is 12.2 Å². The van der Waals surface area contributed by atoms with Gasteiger partial charge in [-0.15, -0.1) is 5.10 Å². The van der Waals surface area contributed by atoms with Crippen molar-refractivity contribution >= 4 is 17.4 Å². The third-order valence-electron chi connectivity index (χ3n) is 6.44. The minimum Gasteiger partial charge on any atom is -0.341 e. The van der Waals surface area contributed by atoms with Crippen LogP contribution in [0.1, 0.15) is 48.5 Å². The van der Waals surface area contributed by atoms with Crippen LogP contribution in [0.2, 0.25) is 0 Å². The van der Waals surface area contributed by atoms with E-state index in [2.05, 4.69) is 57.5 Å². The number of rotatable bonds is 5. The monoisotopic (exact) mass is 413 g/mol. The highest BCUT2D eigenvalue weighted by Gasteiger charge is 2.28. The van der Waals surface area contributed by atoms with Crippen molar-refractivity contribution in [2.24, 2.45) is 0 Å². The normalized spacial score (nSPS) is 22.6. The molecule has 4 rings (SSSR count). The third kappa shape index (κ3) is 5.02. The molecule has 156 valence electrons. The number of aromatic nitrogens is 2. The molecule has 7 heteroatoms. The Morgan fingerprint density at radius 3 is 2.62 bits per heavy atom. The zero-order valence-corrected chi connectivity index (χ0v) is 18.3. The van der Waals surface area contributed by atoms with Crippen LogP contribution in [0.3, 0.4) is 0 Å². The first-order valence-electron chi connectivity index (χ1n) is 10.7. The molecular weight excluding hydrogens is 382 g/mol. The Balaban J connectivity index is 1.26. The number of amides is 1. The first-order valence-corrected chi connectivity index (χ1v) is 11.5. The molecule has 2 aliphatic rings. The van der Waals surface area contributed by atoms with E-state index in [0.717, 1.165) is 57.8 Å². The SMILES string of the molecule is Cc1ccc([C@@H](C)N2CCN(CC(=O)N3CCC[C@@H](c4csnn4)C3)CC2)cc1. The lowest BCUT2D eigenvalue weighted by Crippen LogP contribution is -2.51. The van der Waals surface area contributed by atoms with Crippen LogP contribution in [-0.4, -0.2) is 76.0 Å². The molecule has 0 unspecified atom stereocenters. The summed E-state index contributed by atoms with van der Waals surface area (Å²) in [5.41, 5.74) is 3.72. The maximum absolute atomic E-state index is 12.9. The molecule has 3 heterocycles. The summed E-state index contributed by atoms with van der Waals surface area (Å²) in [4.78, 5) is 19.8. The number of aryl methyl sites for hydroxylation is 1. The van der Waals surface area contributed by atoms with Gasteiger partial charge in [-0.25, -0.2) is 0 Å². The highest BCUT2D eigenvalue weighted by atomic mass is 32.1. The Kier molecular flexibility index (Phi) is 6.57. The zero-order chi connectivity index (χ0) is 20.2. The van der Waals surface area contributed by atoms with Crippen LogP contribution < -0.4 is 0 Å². The number of carbonyl (C=O) groups is 1. The fraction of sp³-hybridized carbons (Fsp3) is 0.591.